The SMILES string of the molecule is Nc1ccc(-c2ccc(F)c(F)c2)c(OC2CCCC2)c1. The molecule has 0 unspecified atom stereocenters. The molecular formula is C17H17F2NO. The first-order chi connectivity index (χ1) is 10.1. The minimum atomic E-state index is -0.865. The van der Waals surface area contributed by atoms with Gasteiger partial charge in [-0.05, 0) is 55.5 Å². The van der Waals surface area contributed by atoms with Crippen LogP contribution < -0.4 is 10.5 Å². The molecule has 2 N–H and O–H groups in total. The highest BCUT2D eigenvalue weighted by molar-refractivity contribution is 5.73. The Balaban J connectivity index is 1.98. The Kier molecular flexibility index (Phi) is 3.78. The third-order valence-electron chi connectivity index (χ3n) is 3.83. The highest BCUT2D eigenvalue weighted by Crippen LogP contribution is 2.35. The second-order valence-corrected chi connectivity index (χ2v) is 5.41. The molecule has 0 heterocycles. The van der Waals surface area contributed by atoms with Crippen LogP contribution in [-0.4, -0.2) is 6.10 Å². The summed E-state index contributed by atoms with van der Waals surface area (Å²) in [5, 5.41) is 0. The highest BCUT2D eigenvalue weighted by atomic mass is 19.2. The number of ether oxygens (including phenoxy) is 1. The molecule has 1 fully saturated rings. The lowest BCUT2D eigenvalue weighted by Crippen LogP contribution is -2.11. The summed E-state index contributed by atoms with van der Waals surface area (Å²) in [4.78, 5) is 0. The van der Waals surface area contributed by atoms with Crippen LogP contribution in [0.4, 0.5) is 14.5 Å². The van der Waals surface area contributed by atoms with Gasteiger partial charge < -0.3 is 10.5 Å². The standard InChI is InChI=1S/C17H17F2NO/c18-15-8-5-11(9-16(15)19)14-7-6-12(20)10-17(14)21-13-3-1-2-4-13/h5-10,13H,1-4,20H2. The third-order valence-corrected chi connectivity index (χ3v) is 3.83. The molecule has 4 heteroatoms. The van der Waals surface area contributed by atoms with Crippen molar-refractivity contribution in [2.24, 2.45) is 0 Å². The van der Waals surface area contributed by atoms with Crippen molar-refractivity contribution in [3.8, 4) is 16.9 Å². The van der Waals surface area contributed by atoms with Gasteiger partial charge in [-0.25, -0.2) is 8.78 Å². The van der Waals surface area contributed by atoms with Gasteiger partial charge in [-0.1, -0.05) is 6.07 Å². The van der Waals surface area contributed by atoms with Gasteiger partial charge in [0.25, 0.3) is 0 Å². The van der Waals surface area contributed by atoms with Gasteiger partial charge >= 0.3 is 0 Å². The van der Waals surface area contributed by atoms with Crippen molar-refractivity contribution >= 4 is 5.69 Å². The third kappa shape index (κ3) is 2.99. The monoisotopic (exact) mass is 289 g/mol. The summed E-state index contributed by atoms with van der Waals surface area (Å²) < 4.78 is 32.5. The van der Waals surface area contributed by atoms with Crippen LogP contribution in [0.25, 0.3) is 11.1 Å². The topological polar surface area (TPSA) is 35.2 Å². The first-order valence-corrected chi connectivity index (χ1v) is 7.15. The highest BCUT2D eigenvalue weighted by Gasteiger charge is 2.19. The van der Waals surface area contributed by atoms with E-state index >= 15 is 0 Å². The van der Waals surface area contributed by atoms with Crippen LogP contribution in [-0.2, 0) is 0 Å². The number of halogens is 2. The Hall–Kier alpha value is -2.10. The molecule has 2 aromatic carbocycles. The van der Waals surface area contributed by atoms with E-state index < -0.39 is 11.6 Å². The zero-order valence-electron chi connectivity index (χ0n) is 11.6. The molecule has 3 rings (SSSR count). The molecule has 1 aliphatic carbocycles. The lowest BCUT2D eigenvalue weighted by molar-refractivity contribution is 0.211. The van der Waals surface area contributed by atoms with Crippen LogP contribution >= 0.6 is 0 Å². The number of hydrogen-bond donors (Lipinski definition) is 1. The number of nitrogens with two attached hydrogens (primary N) is 1. The zero-order chi connectivity index (χ0) is 14.8. The maximum absolute atomic E-state index is 13.4. The molecule has 2 nitrogen and oxygen atoms in total. The van der Waals surface area contributed by atoms with Crippen LogP contribution in [0.15, 0.2) is 36.4 Å². The Morgan fingerprint density at radius 3 is 2.43 bits per heavy atom. The molecular weight excluding hydrogens is 272 g/mol. The van der Waals surface area contributed by atoms with Gasteiger partial charge in [0.1, 0.15) is 5.75 Å². The van der Waals surface area contributed by atoms with E-state index in [2.05, 4.69) is 0 Å². The number of rotatable bonds is 3. The van der Waals surface area contributed by atoms with Gasteiger partial charge in [0.05, 0.1) is 6.10 Å². The fourth-order valence-corrected chi connectivity index (χ4v) is 2.72. The molecule has 1 saturated carbocycles. The molecule has 0 aromatic heterocycles. The van der Waals surface area contributed by atoms with Crippen LogP contribution in [0.1, 0.15) is 25.7 Å². The molecule has 110 valence electrons. The Morgan fingerprint density at radius 1 is 0.952 bits per heavy atom. The minimum absolute atomic E-state index is 0.177. The molecule has 1 aliphatic rings. The molecule has 2 aromatic rings. The van der Waals surface area contributed by atoms with Crippen molar-refractivity contribution in [2.75, 3.05) is 5.73 Å². The summed E-state index contributed by atoms with van der Waals surface area (Å²) in [7, 11) is 0. The van der Waals surface area contributed by atoms with Crippen LogP contribution in [0.2, 0.25) is 0 Å². The summed E-state index contributed by atoms with van der Waals surface area (Å²) in [6.45, 7) is 0. The fraction of sp³-hybridized carbons (Fsp3) is 0.294. The van der Waals surface area contributed by atoms with Crippen molar-refractivity contribution < 1.29 is 13.5 Å². The molecule has 0 spiro atoms. The van der Waals surface area contributed by atoms with Crippen molar-refractivity contribution in [2.45, 2.75) is 31.8 Å². The minimum Gasteiger partial charge on any atom is -0.490 e. The average Bonchev–Trinajstić information content (AvgIpc) is 2.95. The Morgan fingerprint density at radius 2 is 1.71 bits per heavy atom. The predicted octanol–water partition coefficient (Wildman–Crippen LogP) is 4.54. The first kappa shape index (κ1) is 13.9. The molecule has 0 radical (unpaired) electrons. The fourth-order valence-electron chi connectivity index (χ4n) is 2.72. The normalized spacial score (nSPS) is 15.3. The van der Waals surface area contributed by atoms with Crippen molar-refractivity contribution in [3.05, 3.63) is 48.0 Å². The van der Waals surface area contributed by atoms with E-state index in [-0.39, 0.29) is 6.10 Å². The molecule has 0 amide bonds. The van der Waals surface area contributed by atoms with Gasteiger partial charge in [0.2, 0.25) is 0 Å². The van der Waals surface area contributed by atoms with E-state index in [1.165, 1.54) is 6.07 Å². The summed E-state index contributed by atoms with van der Waals surface area (Å²) in [6.07, 6.45) is 4.54. The van der Waals surface area contributed by atoms with Crippen molar-refractivity contribution in [1.82, 2.24) is 0 Å². The van der Waals surface area contributed by atoms with Gasteiger partial charge in [-0.2, -0.15) is 0 Å². The smallest absolute Gasteiger partial charge is 0.159 e. The first-order valence-electron chi connectivity index (χ1n) is 7.15. The number of hydrogen-bond acceptors (Lipinski definition) is 2. The lowest BCUT2D eigenvalue weighted by Gasteiger charge is -2.17. The van der Waals surface area contributed by atoms with Crippen LogP contribution in [0, 0.1) is 11.6 Å². The second-order valence-electron chi connectivity index (χ2n) is 5.41. The van der Waals surface area contributed by atoms with E-state index in [0.717, 1.165) is 37.3 Å². The van der Waals surface area contributed by atoms with E-state index in [1.807, 2.05) is 0 Å². The van der Waals surface area contributed by atoms with Crippen LogP contribution in [0.3, 0.4) is 0 Å². The summed E-state index contributed by atoms with van der Waals surface area (Å²) >= 11 is 0. The van der Waals surface area contributed by atoms with Gasteiger partial charge in [0, 0.05) is 17.3 Å². The molecule has 0 saturated heterocycles. The quantitative estimate of drug-likeness (QED) is 0.842. The molecule has 21 heavy (non-hydrogen) atoms. The summed E-state index contributed by atoms with van der Waals surface area (Å²) in [6, 6.07) is 9.12. The maximum Gasteiger partial charge on any atom is 0.159 e. The Bertz CT molecular complexity index is 651. The summed E-state index contributed by atoms with van der Waals surface area (Å²) in [5.41, 5.74) is 7.73. The zero-order valence-corrected chi connectivity index (χ0v) is 11.6. The second kappa shape index (κ2) is 5.72. The van der Waals surface area contributed by atoms with Gasteiger partial charge in [-0.3, -0.25) is 0 Å². The number of benzene rings is 2. The lowest BCUT2D eigenvalue weighted by atomic mass is 10.0. The summed E-state index contributed by atoms with van der Waals surface area (Å²) in [5.74, 6) is -1.09. The molecule has 0 bridgehead atoms. The van der Waals surface area contributed by atoms with Gasteiger partial charge in [0.15, 0.2) is 11.6 Å². The van der Waals surface area contributed by atoms with E-state index in [1.54, 1.807) is 24.3 Å². The predicted molar refractivity (Wildman–Crippen MR) is 79.1 cm³/mol. The number of nitrogen functional groups attached to an aromatic ring is 1. The van der Waals surface area contributed by atoms with Crippen molar-refractivity contribution in [1.29, 1.82) is 0 Å². The average molecular weight is 289 g/mol. The largest absolute Gasteiger partial charge is 0.490 e. The van der Waals surface area contributed by atoms with E-state index in [9.17, 15) is 8.78 Å². The van der Waals surface area contributed by atoms with Crippen LogP contribution in [0.5, 0.6) is 5.75 Å². The molecule has 0 aliphatic heterocycles. The number of anilines is 1. The van der Waals surface area contributed by atoms with Gasteiger partial charge in [-0.15, -0.1) is 0 Å². The van der Waals surface area contributed by atoms with Crippen molar-refractivity contribution in [3.63, 3.8) is 0 Å². The maximum atomic E-state index is 13.4. The Labute approximate surface area is 122 Å². The molecule has 0 atom stereocenters. The van der Waals surface area contributed by atoms with E-state index in [0.29, 0.717) is 17.0 Å². The van der Waals surface area contributed by atoms with E-state index in [4.69, 9.17) is 10.5 Å².